The molecule has 0 fully saturated rings. The van der Waals surface area contributed by atoms with Crippen molar-refractivity contribution in [2.45, 2.75) is 0 Å². The fourth-order valence-corrected chi connectivity index (χ4v) is 2.63. The Bertz CT molecular complexity index is 923. The minimum atomic E-state index is -0.561. The van der Waals surface area contributed by atoms with Crippen LogP contribution < -0.4 is 14.8 Å². The standard InChI is InChI=1S/C21H18FNO3/c1-25-16-10-7-14(8-11-16)18-13-15(9-12-20(18)26-2)23-21(24)17-5-3-4-6-19(17)22/h3-13H,1-2H3,(H,23,24). The molecule has 26 heavy (non-hydrogen) atoms. The number of hydrogen-bond acceptors (Lipinski definition) is 3. The van der Waals surface area contributed by atoms with Crippen LogP contribution in [0.4, 0.5) is 10.1 Å². The van der Waals surface area contributed by atoms with Crippen LogP contribution in [0.1, 0.15) is 10.4 Å². The quantitative estimate of drug-likeness (QED) is 0.721. The first kappa shape index (κ1) is 17.5. The van der Waals surface area contributed by atoms with Crippen LogP contribution in [0.2, 0.25) is 0 Å². The summed E-state index contributed by atoms with van der Waals surface area (Å²) in [6, 6.07) is 18.6. The first-order valence-electron chi connectivity index (χ1n) is 8.00. The van der Waals surface area contributed by atoms with Crippen LogP contribution in [0.5, 0.6) is 11.5 Å². The fourth-order valence-electron chi connectivity index (χ4n) is 2.63. The molecule has 0 aliphatic rings. The highest BCUT2D eigenvalue weighted by Crippen LogP contribution is 2.33. The lowest BCUT2D eigenvalue weighted by atomic mass is 10.0. The molecule has 0 aromatic heterocycles. The molecule has 4 nitrogen and oxygen atoms in total. The second-order valence-electron chi connectivity index (χ2n) is 5.58. The van der Waals surface area contributed by atoms with Crippen LogP contribution in [-0.4, -0.2) is 20.1 Å². The van der Waals surface area contributed by atoms with Gasteiger partial charge in [-0.25, -0.2) is 4.39 Å². The minimum Gasteiger partial charge on any atom is -0.497 e. The third-order valence-corrected chi connectivity index (χ3v) is 3.98. The van der Waals surface area contributed by atoms with Crippen LogP contribution in [0, 0.1) is 5.82 Å². The number of carbonyl (C=O) groups excluding carboxylic acids is 1. The first-order valence-corrected chi connectivity index (χ1v) is 8.00. The SMILES string of the molecule is COc1ccc(-c2cc(NC(=O)c3ccccc3F)ccc2OC)cc1. The van der Waals surface area contributed by atoms with Gasteiger partial charge in [0.05, 0.1) is 19.8 Å². The molecule has 1 amide bonds. The summed E-state index contributed by atoms with van der Waals surface area (Å²) in [6.45, 7) is 0. The van der Waals surface area contributed by atoms with E-state index in [4.69, 9.17) is 9.47 Å². The van der Waals surface area contributed by atoms with Crippen molar-refractivity contribution >= 4 is 11.6 Å². The van der Waals surface area contributed by atoms with Gasteiger partial charge in [-0.1, -0.05) is 24.3 Å². The Labute approximate surface area is 151 Å². The molecule has 0 radical (unpaired) electrons. The van der Waals surface area contributed by atoms with E-state index in [9.17, 15) is 9.18 Å². The Morgan fingerprint density at radius 1 is 0.923 bits per heavy atom. The molecule has 0 aliphatic carbocycles. The summed E-state index contributed by atoms with van der Waals surface area (Å²) < 4.78 is 24.4. The van der Waals surface area contributed by atoms with E-state index in [-0.39, 0.29) is 5.56 Å². The lowest BCUT2D eigenvalue weighted by Gasteiger charge is -2.13. The van der Waals surface area contributed by atoms with Crippen molar-refractivity contribution in [2.75, 3.05) is 19.5 Å². The normalized spacial score (nSPS) is 10.3. The Morgan fingerprint density at radius 3 is 2.31 bits per heavy atom. The number of halogens is 1. The molecule has 3 aromatic carbocycles. The van der Waals surface area contributed by atoms with E-state index in [1.54, 1.807) is 44.6 Å². The molecule has 3 rings (SSSR count). The number of nitrogens with one attached hydrogen (secondary N) is 1. The van der Waals surface area contributed by atoms with Gasteiger partial charge in [0, 0.05) is 11.3 Å². The van der Waals surface area contributed by atoms with Gasteiger partial charge in [-0.15, -0.1) is 0 Å². The largest absolute Gasteiger partial charge is 0.497 e. The highest BCUT2D eigenvalue weighted by atomic mass is 19.1. The summed E-state index contributed by atoms with van der Waals surface area (Å²) >= 11 is 0. The van der Waals surface area contributed by atoms with Crippen LogP contribution in [0.15, 0.2) is 66.7 Å². The zero-order valence-corrected chi connectivity index (χ0v) is 14.5. The van der Waals surface area contributed by atoms with E-state index in [0.29, 0.717) is 11.4 Å². The smallest absolute Gasteiger partial charge is 0.258 e. The number of methoxy groups -OCH3 is 2. The van der Waals surface area contributed by atoms with Gasteiger partial charge in [0.25, 0.3) is 5.91 Å². The number of hydrogen-bond donors (Lipinski definition) is 1. The maximum atomic E-state index is 13.8. The molecule has 0 spiro atoms. The summed E-state index contributed by atoms with van der Waals surface area (Å²) in [4.78, 5) is 12.3. The maximum absolute atomic E-state index is 13.8. The maximum Gasteiger partial charge on any atom is 0.258 e. The lowest BCUT2D eigenvalue weighted by Crippen LogP contribution is -2.13. The van der Waals surface area contributed by atoms with Gasteiger partial charge in [-0.05, 0) is 48.0 Å². The Kier molecular flexibility index (Phi) is 5.17. The van der Waals surface area contributed by atoms with Gasteiger partial charge in [-0.3, -0.25) is 4.79 Å². The summed E-state index contributed by atoms with van der Waals surface area (Å²) in [6.07, 6.45) is 0. The predicted molar refractivity (Wildman–Crippen MR) is 99.3 cm³/mol. The van der Waals surface area contributed by atoms with Gasteiger partial charge in [0.1, 0.15) is 17.3 Å². The summed E-state index contributed by atoms with van der Waals surface area (Å²) in [7, 11) is 3.19. The number of benzene rings is 3. The Balaban J connectivity index is 1.92. The molecule has 0 aliphatic heterocycles. The number of rotatable bonds is 5. The van der Waals surface area contributed by atoms with E-state index in [1.807, 2.05) is 24.3 Å². The van der Waals surface area contributed by atoms with Crippen molar-refractivity contribution in [1.29, 1.82) is 0 Å². The average Bonchev–Trinajstić information content (AvgIpc) is 2.68. The molecule has 0 bridgehead atoms. The highest BCUT2D eigenvalue weighted by Gasteiger charge is 2.13. The number of ether oxygens (including phenoxy) is 2. The van der Waals surface area contributed by atoms with Crippen molar-refractivity contribution in [3.05, 3.63) is 78.1 Å². The number of amides is 1. The second-order valence-corrected chi connectivity index (χ2v) is 5.58. The third-order valence-electron chi connectivity index (χ3n) is 3.98. The van der Waals surface area contributed by atoms with Crippen molar-refractivity contribution in [3.63, 3.8) is 0 Å². The van der Waals surface area contributed by atoms with E-state index in [2.05, 4.69) is 5.32 Å². The molecule has 5 heteroatoms. The molecule has 0 saturated heterocycles. The zero-order chi connectivity index (χ0) is 18.5. The van der Waals surface area contributed by atoms with Crippen molar-refractivity contribution in [1.82, 2.24) is 0 Å². The van der Waals surface area contributed by atoms with E-state index >= 15 is 0 Å². The van der Waals surface area contributed by atoms with Gasteiger partial charge in [-0.2, -0.15) is 0 Å². The van der Waals surface area contributed by atoms with Crippen molar-refractivity contribution < 1.29 is 18.7 Å². The highest BCUT2D eigenvalue weighted by molar-refractivity contribution is 6.04. The van der Waals surface area contributed by atoms with Gasteiger partial charge in [0.2, 0.25) is 0 Å². The number of carbonyl (C=O) groups is 1. The predicted octanol–water partition coefficient (Wildman–Crippen LogP) is 4.76. The molecule has 0 unspecified atom stereocenters. The van der Waals surface area contributed by atoms with Crippen LogP contribution in [-0.2, 0) is 0 Å². The lowest BCUT2D eigenvalue weighted by molar-refractivity contribution is 0.102. The molecule has 132 valence electrons. The van der Waals surface area contributed by atoms with E-state index in [0.717, 1.165) is 16.9 Å². The van der Waals surface area contributed by atoms with Crippen LogP contribution in [0.3, 0.4) is 0 Å². The zero-order valence-electron chi connectivity index (χ0n) is 14.5. The summed E-state index contributed by atoms with van der Waals surface area (Å²) in [5.74, 6) is 0.346. The second kappa shape index (κ2) is 7.70. The average molecular weight is 351 g/mol. The van der Waals surface area contributed by atoms with Crippen molar-refractivity contribution in [2.24, 2.45) is 0 Å². The van der Waals surface area contributed by atoms with Crippen LogP contribution in [0.25, 0.3) is 11.1 Å². The molecular formula is C21H18FNO3. The monoisotopic (exact) mass is 351 g/mol. The third kappa shape index (κ3) is 3.67. The van der Waals surface area contributed by atoms with Gasteiger partial charge >= 0.3 is 0 Å². The molecule has 0 saturated carbocycles. The van der Waals surface area contributed by atoms with E-state index < -0.39 is 11.7 Å². The fraction of sp³-hybridized carbons (Fsp3) is 0.0952. The van der Waals surface area contributed by atoms with Crippen molar-refractivity contribution in [3.8, 4) is 22.6 Å². The topological polar surface area (TPSA) is 47.6 Å². The molecule has 0 atom stereocenters. The van der Waals surface area contributed by atoms with E-state index in [1.165, 1.54) is 12.1 Å². The minimum absolute atomic E-state index is 0.00526. The molecule has 1 N–H and O–H groups in total. The van der Waals surface area contributed by atoms with Gasteiger partial charge in [0.15, 0.2) is 0 Å². The first-order chi connectivity index (χ1) is 12.6. The number of anilines is 1. The Morgan fingerprint density at radius 2 is 1.65 bits per heavy atom. The summed E-state index contributed by atoms with van der Waals surface area (Å²) in [5, 5.41) is 2.72. The Hall–Kier alpha value is -3.34. The van der Waals surface area contributed by atoms with Gasteiger partial charge < -0.3 is 14.8 Å². The van der Waals surface area contributed by atoms with Crippen LogP contribution >= 0.6 is 0 Å². The molecule has 0 heterocycles. The summed E-state index contributed by atoms with van der Waals surface area (Å²) in [5.41, 5.74) is 2.25. The molecule has 3 aromatic rings. The molecular weight excluding hydrogens is 333 g/mol.